The minimum absolute atomic E-state index is 0.653. The van der Waals surface area contributed by atoms with E-state index in [1.807, 2.05) is 6.07 Å². The van der Waals surface area contributed by atoms with Crippen molar-refractivity contribution in [2.75, 3.05) is 13.1 Å². The predicted molar refractivity (Wildman–Crippen MR) is 70.3 cm³/mol. The topological polar surface area (TPSA) is 12.0 Å². The second-order valence-corrected chi connectivity index (χ2v) is 4.80. The summed E-state index contributed by atoms with van der Waals surface area (Å²) in [7, 11) is 0. The van der Waals surface area contributed by atoms with Crippen LogP contribution in [-0.2, 0) is 0 Å². The molecule has 1 heteroatoms. The van der Waals surface area contributed by atoms with Crippen LogP contribution >= 0.6 is 0 Å². The maximum Gasteiger partial charge on any atom is 0.0138 e. The highest BCUT2D eigenvalue weighted by atomic mass is 14.9. The standard InChI is InChI=1S/C15H21N/c1-2-15(10-11-15)13-16-12-6-9-14-7-4-3-5-8-14/h3-9,16H,2,10-13H2,1H3/b9-6+. The summed E-state index contributed by atoms with van der Waals surface area (Å²) in [6.07, 6.45) is 8.54. The Balaban J connectivity index is 1.67. The molecule has 86 valence electrons. The van der Waals surface area contributed by atoms with Crippen molar-refractivity contribution in [3.05, 3.63) is 42.0 Å². The molecular formula is C15H21N. The maximum atomic E-state index is 3.52. The zero-order valence-electron chi connectivity index (χ0n) is 10.1. The molecule has 0 spiro atoms. The Hall–Kier alpha value is -1.08. The fraction of sp³-hybridized carbons (Fsp3) is 0.467. The molecule has 1 fully saturated rings. The molecule has 1 aromatic carbocycles. The smallest absolute Gasteiger partial charge is 0.0138 e. The van der Waals surface area contributed by atoms with Crippen molar-refractivity contribution in [1.82, 2.24) is 5.32 Å². The minimum Gasteiger partial charge on any atom is -0.313 e. The fourth-order valence-electron chi connectivity index (χ4n) is 2.01. The highest BCUT2D eigenvalue weighted by Gasteiger charge is 2.39. The van der Waals surface area contributed by atoms with E-state index in [0.29, 0.717) is 5.41 Å². The van der Waals surface area contributed by atoms with Gasteiger partial charge >= 0.3 is 0 Å². The molecule has 0 bridgehead atoms. The van der Waals surface area contributed by atoms with Gasteiger partial charge in [-0.05, 0) is 30.2 Å². The lowest BCUT2D eigenvalue weighted by Gasteiger charge is -2.11. The summed E-state index contributed by atoms with van der Waals surface area (Å²) in [4.78, 5) is 0. The SMILES string of the molecule is CCC1(CNC/C=C/c2ccccc2)CC1. The van der Waals surface area contributed by atoms with Gasteiger partial charge < -0.3 is 5.32 Å². The van der Waals surface area contributed by atoms with Gasteiger partial charge in [0, 0.05) is 13.1 Å². The molecule has 0 radical (unpaired) electrons. The quantitative estimate of drug-likeness (QED) is 0.716. The number of hydrogen-bond donors (Lipinski definition) is 1. The van der Waals surface area contributed by atoms with Crippen LogP contribution in [0.25, 0.3) is 6.08 Å². The molecule has 0 saturated heterocycles. The first-order valence-corrected chi connectivity index (χ1v) is 6.27. The van der Waals surface area contributed by atoms with Crippen molar-refractivity contribution in [3.63, 3.8) is 0 Å². The van der Waals surface area contributed by atoms with Gasteiger partial charge in [0.15, 0.2) is 0 Å². The molecule has 1 saturated carbocycles. The summed E-state index contributed by atoms with van der Waals surface area (Å²) in [5.74, 6) is 0. The van der Waals surface area contributed by atoms with E-state index < -0.39 is 0 Å². The summed E-state index contributed by atoms with van der Waals surface area (Å²) in [6, 6.07) is 10.5. The Kier molecular flexibility index (Phi) is 3.79. The molecule has 0 aromatic heterocycles. The lowest BCUT2D eigenvalue weighted by atomic mass is 10.0. The van der Waals surface area contributed by atoms with Gasteiger partial charge in [-0.1, -0.05) is 49.4 Å². The largest absolute Gasteiger partial charge is 0.313 e. The van der Waals surface area contributed by atoms with E-state index in [9.17, 15) is 0 Å². The monoisotopic (exact) mass is 215 g/mol. The van der Waals surface area contributed by atoms with Crippen LogP contribution in [0.5, 0.6) is 0 Å². The minimum atomic E-state index is 0.653. The Morgan fingerprint density at radius 1 is 1.25 bits per heavy atom. The van der Waals surface area contributed by atoms with Gasteiger partial charge in [0.25, 0.3) is 0 Å². The number of benzene rings is 1. The summed E-state index contributed by atoms with van der Waals surface area (Å²) < 4.78 is 0. The third-order valence-electron chi connectivity index (χ3n) is 3.58. The van der Waals surface area contributed by atoms with Crippen LogP contribution in [0.15, 0.2) is 36.4 Å². The molecule has 0 unspecified atom stereocenters. The van der Waals surface area contributed by atoms with Crippen LogP contribution in [0, 0.1) is 5.41 Å². The van der Waals surface area contributed by atoms with E-state index in [1.54, 1.807) is 0 Å². The molecule has 0 atom stereocenters. The van der Waals surface area contributed by atoms with Gasteiger partial charge in [-0.3, -0.25) is 0 Å². The molecule has 2 rings (SSSR count). The van der Waals surface area contributed by atoms with Crippen LogP contribution in [-0.4, -0.2) is 13.1 Å². The van der Waals surface area contributed by atoms with Crippen LogP contribution in [0.3, 0.4) is 0 Å². The Morgan fingerprint density at radius 3 is 2.62 bits per heavy atom. The third kappa shape index (κ3) is 3.21. The highest BCUT2D eigenvalue weighted by molar-refractivity contribution is 5.48. The molecule has 1 aromatic rings. The van der Waals surface area contributed by atoms with Crippen molar-refractivity contribution in [2.45, 2.75) is 26.2 Å². The third-order valence-corrected chi connectivity index (χ3v) is 3.58. The molecular weight excluding hydrogens is 194 g/mol. The normalized spacial score (nSPS) is 17.8. The Bertz CT molecular complexity index is 336. The maximum absolute atomic E-state index is 3.52. The van der Waals surface area contributed by atoms with Crippen molar-refractivity contribution in [3.8, 4) is 0 Å². The van der Waals surface area contributed by atoms with Crippen LogP contribution in [0.1, 0.15) is 31.7 Å². The highest BCUT2D eigenvalue weighted by Crippen LogP contribution is 2.47. The van der Waals surface area contributed by atoms with Gasteiger partial charge in [0.05, 0.1) is 0 Å². The first-order valence-electron chi connectivity index (χ1n) is 6.27. The lowest BCUT2D eigenvalue weighted by Crippen LogP contribution is -2.23. The molecule has 0 amide bonds. The number of rotatable bonds is 6. The van der Waals surface area contributed by atoms with Gasteiger partial charge in [0.1, 0.15) is 0 Å². The molecule has 16 heavy (non-hydrogen) atoms. The molecule has 1 aliphatic carbocycles. The average Bonchev–Trinajstić information content (AvgIpc) is 3.11. The van der Waals surface area contributed by atoms with Crippen molar-refractivity contribution in [2.24, 2.45) is 5.41 Å². The second kappa shape index (κ2) is 5.31. The van der Waals surface area contributed by atoms with Gasteiger partial charge in [-0.2, -0.15) is 0 Å². The van der Waals surface area contributed by atoms with E-state index in [2.05, 4.69) is 48.7 Å². The van der Waals surface area contributed by atoms with Gasteiger partial charge in [-0.25, -0.2) is 0 Å². The van der Waals surface area contributed by atoms with Crippen molar-refractivity contribution >= 4 is 6.08 Å². The van der Waals surface area contributed by atoms with Gasteiger partial charge in [-0.15, -0.1) is 0 Å². The zero-order valence-corrected chi connectivity index (χ0v) is 10.1. The Labute approximate surface area is 98.6 Å². The lowest BCUT2D eigenvalue weighted by molar-refractivity contribution is 0.456. The summed E-state index contributed by atoms with van der Waals surface area (Å²) in [6.45, 7) is 4.47. The number of nitrogens with one attached hydrogen (secondary N) is 1. The summed E-state index contributed by atoms with van der Waals surface area (Å²) in [5.41, 5.74) is 1.93. The molecule has 1 aliphatic rings. The van der Waals surface area contributed by atoms with Crippen molar-refractivity contribution in [1.29, 1.82) is 0 Å². The average molecular weight is 215 g/mol. The van der Waals surface area contributed by atoms with E-state index in [4.69, 9.17) is 0 Å². The van der Waals surface area contributed by atoms with E-state index in [0.717, 1.165) is 6.54 Å². The fourth-order valence-corrected chi connectivity index (χ4v) is 2.01. The second-order valence-electron chi connectivity index (χ2n) is 4.80. The first kappa shape index (κ1) is 11.4. The number of hydrogen-bond acceptors (Lipinski definition) is 1. The van der Waals surface area contributed by atoms with Crippen LogP contribution in [0.4, 0.5) is 0 Å². The predicted octanol–water partition coefficient (Wildman–Crippen LogP) is 3.48. The van der Waals surface area contributed by atoms with Gasteiger partial charge in [0.2, 0.25) is 0 Å². The molecule has 1 nitrogen and oxygen atoms in total. The molecule has 0 aliphatic heterocycles. The van der Waals surface area contributed by atoms with E-state index >= 15 is 0 Å². The van der Waals surface area contributed by atoms with Crippen molar-refractivity contribution < 1.29 is 0 Å². The van der Waals surface area contributed by atoms with Crippen LogP contribution < -0.4 is 5.32 Å². The molecule has 1 N–H and O–H groups in total. The first-order chi connectivity index (χ1) is 7.85. The Morgan fingerprint density at radius 2 is 2.00 bits per heavy atom. The van der Waals surface area contributed by atoms with E-state index in [1.165, 1.54) is 31.4 Å². The van der Waals surface area contributed by atoms with E-state index in [-0.39, 0.29) is 0 Å². The summed E-state index contributed by atoms with van der Waals surface area (Å²) in [5, 5.41) is 3.52. The summed E-state index contributed by atoms with van der Waals surface area (Å²) >= 11 is 0. The zero-order chi connectivity index (χ0) is 11.3. The van der Waals surface area contributed by atoms with Crippen LogP contribution in [0.2, 0.25) is 0 Å². The molecule has 0 heterocycles.